The van der Waals surface area contributed by atoms with Gasteiger partial charge in [-0.05, 0) is 36.8 Å². The molecule has 3 heterocycles. The number of hydrogen-bond acceptors (Lipinski definition) is 8. The zero-order valence-corrected chi connectivity index (χ0v) is 17.6. The van der Waals surface area contributed by atoms with Gasteiger partial charge in [0.2, 0.25) is 10.0 Å². The number of sulfonamides is 1. The molecule has 0 saturated heterocycles. The van der Waals surface area contributed by atoms with Crippen molar-refractivity contribution >= 4 is 38.4 Å². The Labute approximate surface area is 180 Å². The topological polar surface area (TPSA) is 122 Å². The predicted octanol–water partition coefficient (Wildman–Crippen LogP) is 2.86. The maximum atomic E-state index is 12.7. The molecule has 0 aliphatic rings. The van der Waals surface area contributed by atoms with Gasteiger partial charge in [0, 0.05) is 36.9 Å². The van der Waals surface area contributed by atoms with Crippen LogP contribution >= 0.6 is 0 Å². The molecule has 0 bridgehead atoms. The van der Waals surface area contributed by atoms with Crippen molar-refractivity contribution in [3.05, 3.63) is 72.8 Å². The zero-order chi connectivity index (χ0) is 21.7. The third-order valence-electron chi connectivity index (χ3n) is 4.45. The number of pyridine rings is 2. The van der Waals surface area contributed by atoms with Crippen LogP contribution in [-0.2, 0) is 10.0 Å². The molecule has 4 rings (SSSR count). The van der Waals surface area contributed by atoms with E-state index in [1.165, 1.54) is 6.33 Å². The Balaban J connectivity index is 1.36. The first kappa shape index (κ1) is 20.6. The summed E-state index contributed by atoms with van der Waals surface area (Å²) in [6.07, 6.45) is 4.72. The normalized spacial score (nSPS) is 11.4. The number of anilines is 3. The number of fused-ring (bicyclic) bond motifs is 1. The van der Waals surface area contributed by atoms with E-state index in [0.717, 1.165) is 10.9 Å². The molecule has 9 nitrogen and oxygen atoms in total. The van der Waals surface area contributed by atoms with Crippen molar-refractivity contribution in [2.45, 2.75) is 11.8 Å². The summed E-state index contributed by atoms with van der Waals surface area (Å²) in [6.45, 7) is 2.50. The van der Waals surface area contributed by atoms with Gasteiger partial charge in [-0.15, -0.1) is 0 Å². The summed E-state index contributed by atoms with van der Waals surface area (Å²) in [4.78, 5) is 17.0. The molecule has 0 atom stereocenters. The van der Waals surface area contributed by atoms with Gasteiger partial charge in [0.1, 0.15) is 28.7 Å². The number of para-hydroxylation sites is 1. The van der Waals surface area contributed by atoms with Crippen molar-refractivity contribution in [3.8, 4) is 0 Å². The average Bonchev–Trinajstić information content (AvgIpc) is 2.77. The van der Waals surface area contributed by atoms with Gasteiger partial charge in [0.25, 0.3) is 0 Å². The second-order valence-electron chi connectivity index (χ2n) is 6.79. The number of nitrogens with one attached hydrogen (secondary N) is 3. The Hall–Kier alpha value is -3.63. The van der Waals surface area contributed by atoms with Crippen molar-refractivity contribution < 1.29 is 8.42 Å². The lowest BCUT2D eigenvalue weighted by Gasteiger charge is -2.11. The van der Waals surface area contributed by atoms with E-state index in [1.807, 2.05) is 31.2 Å². The monoisotopic (exact) mass is 435 g/mol. The molecule has 4 aromatic rings. The van der Waals surface area contributed by atoms with Crippen molar-refractivity contribution in [1.29, 1.82) is 0 Å². The quantitative estimate of drug-likeness (QED) is 0.361. The molecule has 10 heteroatoms. The molecule has 3 N–H and O–H groups in total. The van der Waals surface area contributed by atoms with Crippen molar-refractivity contribution in [1.82, 2.24) is 24.7 Å². The average molecular weight is 436 g/mol. The second kappa shape index (κ2) is 9.02. The first-order valence-electron chi connectivity index (χ1n) is 9.60. The van der Waals surface area contributed by atoms with Gasteiger partial charge in [0.05, 0.1) is 5.52 Å². The minimum Gasteiger partial charge on any atom is -0.369 e. The summed E-state index contributed by atoms with van der Waals surface area (Å²) in [5.74, 6) is 1.83. The highest BCUT2D eigenvalue weighted by atomic mass is 32.2. The van der Waals surface area contributed by atoms with Crippen molar-refractivity contribution in [2.75, 3.05) is 23.7 Å². The summed E-state index contributed by atoms with van der Waals surface area (Å²) < 4.78 is 28.0. The highest BCUT2D eigenvalue weighted by Crippen LogP contribution is 2.20. The van der Waals surface area contributed by atoms with Crippen LogP contribution in [0, 0.1) is 6.92 Å². The molecule has 0 amide bonds. The lowest BCUT2D eigenvalue weighted by molar-refractivity contribution is 0.583. The van der Waals surface area contributed by atoms with E-state index in [4.69, 9.17) is 0 Å². The van der Waals surface area contributed by atoms with E-state index < -0.39 is 10.0 Å². The fraction of sp³-hybridized carbons (Fsp3) is 0.143. The van der Waals surface area contributed by atoms with Crippen molar-refractivity contribution in [2.24, 2.45) is 0 Å². The number of rotatable bonds is 8. The van der Waals surface area contributed by atoms with Crippen LogP contribution in [-0.4, -0.2) is 41.4 Å². The SMILES string of the molecule is Cc1ccnc(Nc2cc(NCCNS(=O)(=O)c3cccc4cccnc34)ncn2)c1. The van der Waals surface area contributed by atoms with Gasteiger partial charge < -0.3 is 10.6 Å². The van der Waals surface area contributed by atoms with Gasteiger partial charge in [-0.3, -0.25) is 4.98 Å². The van der Waals surface area contributed by atoms with Crippen LogP contribution in [0.15, 0.2) is 72.1 Å². The lowest BCUT2D eigenvalue weighted by Crippen LogP contribution is -2.29. The smallest absolute Gasteiger partial charge is 0.242 e. The number of benzene rings is 1. The van der Waals surface area contributed by atoms with Crippen LogP contribution in [0.25, 0.3) is 10.9 Å². The van der Waals surface area contributed by atoms with Crippen LogP contribution in [0.5, 0.6) is 0 Å². The molecule has 0 unspecified atom stereocenters. The predicted molar refractivity (Wildman–Crippen MR) is 120 cm³/mol. The molecule has 0 fully saturated rings. The van der Waals surface area contributed by atoms with E-state index >= 15 is 0 Å². The lowest BCUT2D eigenvalue weighted by atomic mass is 10.2. The molecular formula is C21H21N7O2S. The highest BCUT2D eigenvalue weighted by Gasteiger charge is 2.17. The highest BCUT2D eigenvalue weighted by molar-refractivity contribution is 7.89. The Morgan fingerprint density at radius 3 is 2.52 bits per heavy atom. The third-order valence-corrected chi connectivity index (χ3v) is 5.94. The fourth-order valence-electron chi connectivity index (χ4n) is 3.00. The number of hydrogen-bond donors (Lipinski definition) is 3. The van der Waals surface area contributed by atoms with Crippen LogP contribution in [0.1, 0.15) is 5.56 Å². The van der Waals surface area contributed by atoms with Crippen molar-refractivity contribution in [3.63, 3.8) is 0 Å². The minimum atomic E-state index is -3.70. The maximum Gasteiger partial charge on any atom is 0.242 e. The van der Waals surface area contributed by atoms with Gasteiger partial charge in [-0.1, -0.05) is 18.2 Å². The van der Waals surface area contributed by atoms with Gasteiger partial charge >= 0.3 is 0 Å². The summed E-state index contributed by atoms with van der Waals surface area (Å²) in [5, 5.41) is 6.98. The number of aromatic nitrogens is 4. The second-order valence-corrected chi connectivity index (χ2v) is 8.52. The fourth-order valence-corrected chi connectivity index (χ4v) is 4.21. The molecule has 0 aliphatic carbocycles. The molecule has 31 heavy (non-hydrogen) atoms. The van der Waals surface area contributed by atoms with E-state index in [1.54, 1.807) is 36.7 Å². The molecular weight excluding hydrogens is 414 g/mol. The molecule has 0 radical (unpaired) electrons. The van der Waals surface area contributed by atoms with E-state index in [2.05, 4.69) is 35.3 Å². The Kier molecular flexibility index (Phi) is 6.01. The first-order valence-corrected chi connectivity index (χ1v) is 11.1. The molecule has 3 aromatic heterocycles. The van der Waals surface area contributed by atoms with Gasteiger partial charge in [0.15, 0.2) is 0 Å². The molecule has 0 spiro atoms. The van der Waals surface area contributed by atoms with Gasteiger partial charge in [-0.2, -0.15) is 0 Å². The summed E-state index contributed by atoms with van der Waals surface area (Å²) in [6, 6.07) is 14.2. The van der Waals surface area contributed by atoms with E-state index in [0.29, 0.717) is 29.5 Å². The van der Waals surface area contributed by atoms with E-state index in [-0.39, 0.29) is 11.4 Å². The van der Waals surface area contributed by atoms with Gasteiger partial charge in [-0.25, -0.2) is 28.1 Å². The summed E-state index contributed by atoms with van der Waals surface area (Å²) in [5.41, 5.74) is 1.53. The third kappa shape index (κ3) is 5.11. The maximum absolute atomic E-state index is 12.7. The molecule has 1 aromatic carbocycles. The van der Waals surface area contributed by atoms with E-state index in [9.17, 15) is 8.42 Å². The largest absolute Gasteiger partial charge is 0.369 e. The number of aryl methyl sites for hydroxylation is 1. The molecule has 158 valence electrons. The standard InChI is InChI=1S/C21H21N7O2S/c1-15-7-9-22-19(12-15)28-20-13-18(25-14-26-20)23-10-11-27-31(29,30)17-6-2-4-16-5-3-8-24-21(16)17/h2-9,12-14,27H,10-11H2,1H3,(H2,22,23,25,26,28). The summed E-state index contributed by atoms with van der Waals surface area (Å²) >= 11 is 0. The Morgan fingerprint density at radius 1 is 0.839 bits per heavy atom. The Bertz CT molecular complexity index is 1310. The summed E-state index contributed by atoms with van der Waals surface area (Å²) in [7, 11) is -3.70. The molecule has 0 aliphatic heterocycles. The van der Waals surface area contributed by atoms with Crippen LogP contribution in [0.4, 0.5) is 17.5 Å². The molecule has 0 saturated carbocycles. The Morgan fingerprint density at radius 2 is 1.65 bits per heavy atom. The van der Waals surface area contributed by atoms with Crippen LogP contribution in [0.3, 0.4) is 0 Å². The zero-order valence-electron chi connectivity index (χ0n) is 16.8. The minimum absolute atomic E-state index is 0.157. The van der Waals surface area contributed by atoms with Crippen LogP contribution in [0.2, 0.25) is 0 Å². The first-order chi connectivity index (χ1) is 15.0. The van der Waals surface area contributed by atoms with Crippen LogP contribution < -0.4 is 15.4 Å². The number of nitrogens with zero attached hydrogens (tertiary/aromatic N) is 4.